The first kappa shape index (κ1) is 18.9. The summed E-state index contributed by atoms with van der Waals surface area (Å²) in [5.41, 5.74) is 3.16. The second-order valence-corrected chi connectivity index (χ2v) is 7.25. The summed E-state index contributed by atoms with van der Waals surface area (Å²) in [6.07, 6.45) is 2.03. The minimum absolute atomic E-state index is 0.0461. The number of benzene rings is 2. The molecule has 1 aliphatic rings. The van der Waals surface area contributed by atoms with Crippen LogP contribution in [0.3, 0.4) is 0 Å². The van der Waals surface area contributed by atoms with Gasteiger partial charge in [0, 0.05) is 18.7 Å². The number of rotatable bonds is 4. The molecule has 4 rings (SSSR count). The van der Waals surface area contributed by atoms with Gasteiger partial charge in [0.1, 0.15) is 0 Å². The average Bonchev–Trinajstić information content (AvgIpc) is 3.38. The van der Waals surface area contributed by atoms with Crippen LogP contribution in [0.25, 0.3) is 11.5 Å². The quantitative estimate of drug-likeness (QED) is 0.715. The van der Waals surface area contributed by atoms with E-state index in [-0.39, 0.29) is 11.7 Å². The Kier molecular flexibility index (Phi) is 5.16. The molecule has 1 aromatic heterocycles. The molecule has 6 nitrogen and oxygen atoms in total. The molecule has 0 unspecified atom stereocenters. The smallest absolute Gasteiger partial charge is 0.293 e. The Morgan fingerprint density at radius 1 is 1.00 bits per heavy atom. The van der Waals surface area contributed by atoms with Crippen LogP contribution >= 0.6 is 0 Å². The Morgan fingerprint density at radius 2 is 1.72 bits per heavy atom. The number of likely N-dealkylation sites (tertiary alicyclic amines) is 1. The number of oxazole rings is 1. The van der Waals surface area contributed by atoms with Crippen molar-refractivity contribution in [2.75, 3.05) is 18.4 Å². The molecule has 0 bridgehead atoms. The van der Waals surface area contributed by atoms with E-state index in [4.69, 9.17) is 4.42 Å². The van der Waals surface area contributed by atoms with Gasteiger partial charge in [-0.05, 0) is 50.5 Å². The fourth-order valence-electron chi connectivity index (χ4n) is 3.62. The van der Waals surface area contributed by atoms with Crippen molar-refractivity contribution in [2.24, 2.45) is 0 Å². The second kappa shape index (κ2) is 7.91. The maximum atomic E-state index is 13.0. The molecule has 2 aromatic carbocycles. The Bertz CT molecular complexity index is 1050. The summed E-state index contributed by atoms with van der Waals surface area (Å²) in [6.45, 7) is 5.12. The monoisotopic (exact) mass is 389 g/mol. The molecular formula is C23H23N3O3. The number of aryl methyl sites for hydroxylation is 2. The molecule has 6 heteroatoms. The Labute approximate surface area is 169 Å². The van der Waals surface area contributed by atoms with Crippen LogP contribution in [-0.4, -0.2) is 34.8 Å². The zero-order chi connectivity index (χ0) is 20.4. The molecule has 148 valence electrons. The number of hydrogen-bond donors (Lipinski definition) is 1. The molecule has 0 saturated carbocycles. The summed E-state index contributed by atoms with van der Waals surface area (Å²) in [6, 6.07) is 14.9. The number of nitrogens with zero attached hydrogens (tertiary/aromatic N) is 2. The maximum absolute atomic E-state index is 13.0. The maximum Gasteiger partial charge on any atom is 0.293 e. The summed E-state index contributed by atoms with van der Waals surface area (Å²) in [4.78, 5) is 32.1. The molecule has 0 radical (unpaired) electrons. The van der Waals surface area contributed by atoms with Gasteiger partial charge < -0.3 is 14.6 Å². The third-order valence-corrected chi connectivity index (χ3v) is 5.15. The highest BCUT2D eigenvalue weighted by atomic mass is 16.4. The summed E-state index contributed by atoms with van der Waals surface area (Å²) < 4.78 is 5.75. The number of carbonyl (C=O) groups is 2. The van der Waals surface area contributed by atoms with E-state index in [9.17, 15) is 9.59 Å². The molecule has 1 N–H and O–H groups in total. The van der Waals surface area contributed by atoms with Crippen molar-refractivity contribution in [1.82, 2.24) is 9.88 Å². The zero-order valence-corrected chi connectivity index (χ0v) is 16.6. The van der Waals surface area contributed by atoms with E-state index in [1.165, 1.54) is 0 Å². The van der Waals surface area contributed by atoms with Crippen molar-refractivity contribution in [3.8, 4) is 11.5 Å². The van der Waals surface area contributed by atoms with Crippen molar-refractivity contribution < 1.29 is 14.0 Å². The van der Waals surface area contributed by atoms with Crippen LogP contribution in [0, 0.1) is 13.8 Å². The zero-order valence-electron chi connectivity index (χ0n) is 16.6. The van der Waals surface area contributed by atoms with Gasteiger partial charge in [-0.25, -0.2) is 4.98 Å². The molecule has 0 atom stereocenters. The highest BCUT2D eigenvalue weighted by molar-refractivity contribution is 6.09. The molecule has 1 fully saturated rings. The van der Waals surface area contributed by atoms with Gasteiger partial charge in [-0.3, -0.25) is 9.59 Å². The van der Waals surface area contributed by atoms with Crippen LogP contribution in [0.15, 0.2) is 52.9 Å². The van der Waals surface area contributed by atoms with E-state index in [1.54, 1.807) is 13.0 Å². The summed E-state index contributed by atoms with van der Waals surface area (Å²) >= 11 is 0. The Hall–Kier alpha value is -3.41. The van der Waals surface area contributed by atoms with Crippen molar-refractivity contribution in [2.45, 2.75) is 26.7 Å². The SMILES string of the molecule is Cc1cccc(NC(=O)c2oc(-c3ccccc3)nc2C)c1C(=O)N1CCCC1. The van der Waals surface area contributed by atoms with E-state index >= 15 is 0 Å². The molecule has 2 amide bonds. The lowest BCUT2D eigenvalue weighted by Gasteiger charge is -2.19. The van der Waals surface area contributed by atoms with Crippen LogP contribution < -0.4 is 5.32 Å². The van der Waals surface area contributed by atoms with Gasteiger partial charge in [0.05, 0.1) is 16.9 Å². The minimum atomic E-state index is -0.418. The average molecular weight is 389 g/mol. The summed E-state index contributed by atoms with van der Waals surface area (Å²) in [5.74, 6) is 0.0733. The predicted molar refractivity (Wildman–Crippen MR) is 111 cm³/mol. The lowest BCUT2D eigenvalue weighted by atomic mass is 10.0. The molecule has 2 heterocycles. The highest BCUT2D eigenvalue weighted by Gasteiger charge is 2.25. The number of hydrogen-bond acceptors (Lipinski definition) is 4. The van der Waals surface area contributed by atoms with Gasteiger partial charge in [-0.15, -0.1) is 0 Å². The molecule has 29 heavy (non-hydrogen) atoms. The first-order valence-electron chi connectivity index (χ1n) is 9.77. The number of anilines is 1. The van der Waals surface area contributed by atoms with Crippen molar-refractivity contribution in [3.63, 3.8) is 0 Å². The van der Waals surface area contributed by atoms with Gasteiger partial charge in [-0.1, -0.05) is 30.3 Å². The fourth-order valence-corrected chi connectivity index (χ4v) is 3.62. The third-order valence-electron chi connectivity index (χ3n) is 5.15. The number of amides is 2. The van der Waals surface area contributed by atoms with Gasteiger partial charge in [0.15, 0.2) is 0 Å². The normalized spacial score (nSPS) is 13.5. The molecule has 0 aliphatic carbocycles. The minimum Gasteiger partial charge on any atom is -0.431 e. The summed E-state index contributed by atoms with van der Waals surface area (Å²) in [7, 11) is 0. The molecule has 0 spiro atoms. The van der Waals surface area contributed by atoms with Gasteiger partial charge in [0.25, 0.3) is 11.8 Å². The topological polar surface area (TPSA) is 75.4 Å². The second-order valence-electron chi connectivity index (χ2n) is 7.25. The molecule has 1 aliphatic heterocycles. The van der Waals surface area contributed by atoms with Crippen LogP contribution in [0.2, 0.25) is 0 Å². The van der Waals surface area contributed by atoms with Gasteiger partial charge in [-0.2, -0.15) is 0 Å². The van der Waals surface area contributed by atoms with E-state index in [1.807, 2.05) is 54.3 Å². The number of carbonyl (C=O) groups excluding carboxylic acids is 2. The van der Waals surface area contributed by atoms with Crippen LogP contribution in [-0.2, 0) is 0 Å². The van der Waals surface area contributed by atoms with Crippen molar-refractivity contribution in [1.29, 1.82) is 0 Å². The Morgan fingerprint density at radius 3 is 2.45 bits per heavy atom. The third kappa shape index (κ3) is 3.78. The van der Waals surface area contributed by atoms with Crippen LogP contribution in [0.1, 0.15) is 45.0 Å². The highest BCUT2D eigenvalue weighted by Crippen LogP contribution is 2.26. The first-order valence-corrected chi connectivity index (χ1v) is 9.77. The number of nitrogens with one attached hydrogen (secondary N) is 1. The fraction of sp³-hybridized carbons (Fsp3) is 0.261. The van der Waals surface area contributed by atoms with E-state index < -0.39 is 5.91 Å². The van der Waals surface area contributed by atoms with Gasteiger partial charge >= 0.3 is 0 Å². The first-order chi connectivity index (χ1) is 14.0. The standard InChI is InChI=1S/C23H23N3O3/c1-15-9-8-12-18(19(15)23(28)26-13-6-7-14-26)25-21(27)20-16(2)24-22(29-20)17-10-4-3-5-11-17/h3-5,8-12H,6-7,13-14H2,1-2H3,(H,25,27). The predicted octanol–water partition coefficient (Wildman–Crippen LogP) is 4.45. The summed E-state index contributed by atoms with van der Waals surface area (Å²) in [5, 5.41) is 2.86. The lowest BCUT2D eigenvalue weighted by Crippen LogP contribution is -2.29. The molecular weight excluding hydrogens is 366 g/mol. The molecule has 3 aromatic rings. The lowest BCUT2D eigenvalue weighted by molar-refractivity contribution is 0.0793. The van der Waals surface area contributed by atoms with E-state index in [2.05, 4.69) is 10.3 Å². The van der Waals surface area contributed by atoms with E-state index in [0.29, 0.717) is 22.8 Å². The van der Waals surface area contributed by atoms with Crippen molar-refractivity contribution in [3.05, 3.63) is 71.1 Å². The number of aromatic nitrogens is 1. The van der Waals surface area contributed by atoms with Crippen molar-refractivity contribution >= 4 is 17.5 Å². The largest absolute Gasteiger partial charge is 0.431 e. The van der Waals surface area contributed by atoms with Crippen LogP contribution in [0.4, 0.5) is 5.69 Å². The Balaban J connectivity index is 1.62. The van der Waals surface area contributed by atoms with E-state index in [0.717, 1.165) is 37.1 Å². The van der Waals surface area contributed by atoms with Crippen LogP contribution in [0.5, 0.6) is 0 Å². The van der Waals surface area contributed by atoms with Gasteiger partial charge in [0.2, 0.25) is 11.7 Å². The molecule has 1 saturated heterocycles.